The number of sulfonamides is 1. The molecule has 0 saturated heterocycles. The summed E-state index contributed by atoms with van der Waals surface area (Å²) < 4.78 is 42.4. The molecule has 0 amide bonds. The number of halogens is 1. The van der Waals surface area contributed by atoms with E-state index in [0.717, 1.165) is 4.31 Å². The van der Waals surface area contributed by atoms with Crippen LogP contribution in [0.5, 0.6) is 17.2 Å². The van der Waals surface area contributed by atoms with Gasteiger partial charge in [-0.2, -0.15) is 0 Å². The second kappa shape index (κ2) is 9.72. The second-order valence-corrected chi connectivity index (χ2v) is 8.71. The molecule has 0 bridgehead atoms. The van der Waals surface area contributed by atoms with Gasteiger partial charge >= 0.3 is 5.97 Å². The predicted molar refractivity (Wildman–Crippen MR) is 118 cm³/mol. The first-order chi connectivity index (χ1) is 14.8. The van der Waals surface area contributed by atoms with Crippen LogP contribution in [0.15, 0.2) is 77.7 Å². The van der Waals surface area contributed by atoms with Crippen LogP contribution in [-0.4, -0.2) is 35.2 Å². The van der Waals surface area contributed by atoms with Crippen molar-refractivity contribution in [3.8, 4) is 17.2 Å². The van der Waals surface area contributed by atoms with Crippen molar-refractivity contribution in [3.63, 3.8) is 0 Å². The van der Waals surface area contributed by atoms with E-state index < -0.39 is 16.0 Å². The quantitative estimate of drug-likeness (QED) is 0.370. The van der Waals surface area contributed by atoms with E-state index in [2.05, 4.69) is 0 Å². The number of methoxy groups -OCH3 is 1. The Morgan fingerprint density at radius 3 is 2.16 bits per heavy atom. The Bertz CT molecular complexity index is 1150. The minimum Gasteiger partial charge on any atom is -0.497 e. The van der Waals surface area contributed by atoms with Gasteiger partial charge in [-0.25, -0.2) is 13.2 Å². The number of carbonyl (C=O) groups is 1. The molecular formula is C22H20ClNO6S. The summed E-state index contributed by atoms with van der Waals surface area (Å²) in [6.45, 7) is -0.322. The van der Waals surface area contributed by atoms with Gasteiger partial charge in [0.05, 0.1) is 22.7 Å². The van der Waals surface area contributed by atoms with Crippen LogP contribution in [0, 0.1) is 0 Å². The van der Waals surface area contributed by atoms with E-state index in [4.69, 9.17) is 25.8 Å². The summed E-state index contributed by atoms with van der Waals surface area (Å²) in [5, 5.41) is 0.390. The molecule has 0 unspecified atom stereocenters. The SMILES string of the molecule is COc1ccc(S(=O)(=O)N(C)c2ccc(OC(=O)COc3ccccc3Cl)cc2)cc1. The van der Waals surface area contributed by atoms with Crippen LogP contribution in [0.3, 0.4) is 0 Å². The Balaban J connectivity index is 1.63. The maximum absolute atomic E-state index is 12.8. The highest BCUT2D eigenvalue weighted by Crippen LogP contribution is 2.26. The van der Waals surface area contributed by atoms with Gasteiger partial charge in [-0.1, -0.05) is 23.7 Å². The topological polar surface area (TPSA) is 82.1 Å². The highest BCUT2D eigenvalue weighted by atomic mass is 35.5. The van der Waals surface area contributed by atoms with Gasteiger partial charge in [-0.3, -0.25) is 4.31 Å². The number of carbonyl (C=O) groups excluding carboxylic acids is 1. The molecule has 0 heterocycles. The molecule has 0 aliphatic carbocycles. The van der Waals surface area contributed by atoms with Gasteiger partial charge in [0, 0.05) is 7.05 Å². The van der Waals surface area contributed by atoms with Crippen molar-refractivity contribution >= 4 is 33.3 Å². The van der Waals surface area contributed by atoms with Gasteiger partial charge in [0.1, 0.15) is 17.2 Å². The number of para-hydroxylation sites is 1. The van der Waals surface area contributed by atoms with Crippen LogP contribution >= 0.6 is 11.6 Å². The molecule has 0 radical (unpaired) electrons. The third-order valence-corrected chi connectivity index (χ3v) is 6.44. The van der Waals surface area contributed by atoms with E-state index in [9.17, 15) is 13.2 Å². The zero-order chi connectivity index (χ0) is 22.4. The fraction of sp³-hybridized carbons (Fsp3) is 0.136. The van der Waals surface area contributed by atoms with Gasteiger partial charge in [-0.05, 0) is 60.7 Å². The van der Waals surface area contributed by atoms with Crippen molar-refractivity contribution in [2.45, 2.75) is 4.90 Å². The van der Waals surface area contributed by atoms with Crippen LogP contribution in [0.2, 0.25) is 5.02 Å². The van der Waals surface area contributed by atoms with Crippen molar-refractivity contribution in [2.75, 3.05) is 25.1 Å². The molecule has 3 aromatic rings. The summed E-state index contributed by atoms with van der Waals surface area (Å²) in [5.41, 5.74) is 0.405. The first-order valence-electron chi connectivity index (χ1n) is 9.12. The molecular weight excluding hydrogens is 442 g/mol. The number of rotatable bonds is 8. The van der Waals surface area contributed by atoms with Crippen molar-refractivity contribution in [2.24, 2.45) is 0 Å². The average molecular weight is 462 g/mol. The number of nitrogens with zero attached hydrogens (tertiary/aromatic N) is 1. The summed E-state index contributed by atoms with van der Waals surface area (Å²) >= 11 is 5.97. The van der Waals surface area contributed by atoms with Gasteiger partial charge < -0.3 is 14.2 Å². The van der Waals surface area contributed by atoms with Gasteiger partial charge in [0.25, 0.3) is 10.0 Å². The Hall–Kier alpha value is -3.23. The number of hydrogen-bond donors (Lipinski definition) is 0. The third kappa shape index (κ3) is 5.48. The molecule has 3 rings (SSSR count). The van der Waals surface area contributed by atoms with E-state index in [1.807, 2.05) is 0 Å². The van der Waals surface area contributed by atoms with Gasteiger partial charge in [0.2, 0.25) is 0 Å². The molecule has 0 atom stereocenters. The summed E-state index contributed by atoms with van der Waals surface area (Å²) in [4.78, 5) is 12.1. The molecule has 31 heavy (non-hydrogen) atoms. The smallest absolute Gasteiger partial charge is 0.349 e. The lowest BCUT2D eigenvalue weighted by Gasteiger charge is -2.20. The van der Waals surface area contributed by atoms with E-state index in [-0.39, 0.29) is 17.3 Å². The normalized spacial score (nSPS) is 10.9. The largest absolute Gasteiger partial charge is 0.497 e. The lowest BCUT2D eigenvalue weighted by atomic mass is 10.3. The number of benzene rings is 3. The fourth-order valence-corrected chi connectivity index (χ4v) is 4.01. The molecule has 0 aliphatic heterocycles. The number of esters is 1. The Morgan fingerprint density at radius 2 is 1.55 bits per heavy atom. The summed E-state index contributed by atoms with van der Waals surface area (Å²) in [7, 11) is -0.809. The van der Waals surface area contributed by atoms with Gasteiger partial charge in [0.15, 0.2) is 6.61 Å². The van der Waals surface area contributed by atoms with Crippen LogP contribution in [0.25, 0.3) is 0 Å². The molecule has 0 N–H and O–H groups in total. The molecule has 7 nitrogen and oxygen atoms in total. The van der Waals surface area contributed by atoms with Crippen molar-refractivity contribution < 1.29 is 27.4 Å². The first kappa shape index (κ1) is 22.5. The van der Waals surface area contributed by atoms with Crippen LogP contribution < -0.4 is 18.5 Å². The van der Waals surface area contributed by atoms with E-state index in [0.29, 0.717) is 22.2 Å². The van der Waals surface area contributed by atoms with E-state index in [1.165, 1.54) is 38.4 Å². The summed E-state index contributed by atoms with van der Waals surface area (Å²) in [5.74, 6) is 0.576. The van der Waals surface area contributed by atoms with Crippen LogP contribution in [-0.2, 0) is 14.8 Å². The average Bonchev–Trinajstić information content (AvgIpc) is 2.78. The lowest BCUT2D eigenvalue weighted by Crippen LogP contribution is -2.26. The minimum absolute atomic E-state index is 0.128. The third-order valence-electron chi connectivity index (χ3n) is 4.33. The highest BCUT2D eigenvalue weighted by Gasteiger charge is 2.21. The van der Waals surface area contributed by atoms with Gasteiger partial charge in [-0.15, -0.1) is 0 Å². The zero-order valence-electron chi connectivity index (χ0n) is 16.8. The van der Waals surface area contributed by atoms with Crippen LogP contribution in [0.4, 0.5) is 5.69 Å². The fourth-order valence-electron chi connectivity index (χ4n) is 2.63. The molecule has 9 heteroatoms. The maximum Gasteiger partial charge on any atom is 0.349 e. The molecule has 0 aromatic heterocycles. The van der Waals surface area contributed by atoms with E-state index in [1.54, 1.807) is 48.5 Å². The summed E-state index contributed by atoms with van der Waals surface area (Å²) in [6.07, 6.45) is 0. The van der Waals surface area contributed by atoms with E-state index >= 15 is 0 Å². The highest BCUT2D eigenvalue weighted by molar-refractivity contribution is 7.92. The summed E-state index contributed by atoms with van der Waals surface area (Å²) in [6, 6.07) is 19.0. The number of ether oxygens (including phenoxy) is 3. The lowest BCUT2D eigenvalue weighted by molar-refractivity contribution is -0.136. The van der Waals surface area contributed by atoms with Crippen molar-refractivity contribution in [1.82, 2.24) is 0 Å². The Kier molecular flexibility index (Phi) is 7.04. The maximum atomic E-state index is 12.8. The second-order valence-electron chi connectivity index (χ2n) is 6.34. The number of anilines is 1. The Morgan fingerprint density at radius 1 is 0.935 bits per heavy atom. The number of hydrogen-bond acceptors (Lipinski definition) is 6. The first-order valence-corrected chi connectivity index (χ1v) is 10.9. The van der Waals surface area contributed by atoms with Crippen LogP contribution in [0.1, 0.15) is 0 Å². The monoisotopic (exact) mass is 461 g/mol. The minimum atomic E-state index is -3.76. The molecule has 162 valence electrons. The molecule has 0 fully saturated rings. The standard InChI is InChI=1S/C22H20ClNO6S/c1-24(31(26,27)19-13-11-17(28-2)12-14-19)16-7-9-18(10-8-16)30-22(25)15-29-21-6-4-3-5-20(21)23/h3-14H,15H2,1-2H3. The zero-order valence-corrected chi connectivity index (χ0v) is 18.4. The molecule has 3 aromatic carbocycles. The Labute approximate surface area is 185 Å². The molecule has 0 aliphatic rings. The van der Waals surface area contributed by atoms with Crippen molar-refractivity contribution in [3.05, 3.63) is 77.8 Å². The predicted octanol–water partition coefficient (Wildman–Crippen LogP) is 4.16. The molecule has 0 saturated carbocycles. The molecule has 0 spiro atoms. The van der Waals surface area contributed by atoms with Crippen molar-refractivity contribution in [1.29, 1.82) is 0 Å².